The number of aryl methyl sites for hydroxylation is 2. The number of carbonyl (C=O) groups excluding carboxylic acids is 1. The molecule has 2 unspecified atom stereocenters. The van der Waals surface area contributed by atoms with Crippen molar-refractivity contribution in [1.29, 1.82) is 0 Å². The van der Waals surface area contributed by atoms with Gasteiger partial charge in [0, 0.05) is 18.5 Å². The van der Waals surface area contributed by atoms with Gasteiger partial charge in [-0.1, -0.05) is 12.1 Å². The number of alkyl halides is 1. The zero-order valence-corrected chi connectivity index (χ0v) is 12.3. The van der Waals surface area contributed by atoms with Gasteiger partial charge in [-0.2, -0.15) is 0 Å². The fraction of sp³-hybridized carbons (Fsp3) is 0.588. The Balaban J connectivity index is 1.61. The number of rotatable bonds is 3. The molecule has 2 aliphatic rings. The first-order valence-electron chi connectivity index (χ1n) is 7.75. The molecule has 4 heteroatoms. The van der Waals surface area contributed by atoms with Crippen LogP contribution in [0.1, 0.15) is 43.2 Å². The van der Waals surface area contributed by atoms with E-state index < -0.39 is 6.17 Å². The van der Waals surface area contributed by atoms with Gasteiger partial charge in [-0.25, -0.2) is 8.78 Å². The fourth-order valence-electron chi connectivity index (χ4n) is 3.76. The predicted molar refractivity (Wildman–Crippen MR) is 77.2 cm³/mol. The third-order valence-electron chi connectivity index (χ3n) is 4.81. The Hall–Kier alpha value is -1.45. The molecule has 2 aliphatic heterocycles. The Labute approximate surface area is 124 Å². The van der Waals surface area contributed by atoms with Crippen LogP contribution in [-0.4, -0.2) is 29.1 Å². The molecular formula is C17H21F2NO. The maximum Gasteiger partial charge on any atom is 0.223 e. The van der Waals surface area contributed by atoms with Gasteiger partial charge < -0.3 is 4.90 Å². The number of hydrogen-bond acceptors (Lipinski definition) is 1. The highest BCUT2D eigenvalue weighted by molar-refractivity contribution is 5.77. The van der Waals surface area contributed by atoms with Gasteiger partial charge in [-0.05, 0) is 56.2 Å². The second-order valence-corrected chi connectivity index (χ2v) is 6.34. The van der Waals surface area contributed by atoms with E-state index >= 15 is 0 Å². The third-order valence-corrected chi connectivity index (χ3v) is 4.81. The standard InChI is InChI=1S/C17H21F2NO/c1-11-8-12(2-6-16(11)19)3-7-17(21)20-14-4-5-15(20)10-13(18)9-14/h2,6,8,13-15H,3-5,7,9-10H2,1H3. The van der Waals surface area contributed by atoms with E-state index in [0.717, 1.165) is 18.4 Å². The summed E-state index contributed by atoms with van der Waals surface area (Å²) in [5, 5.41) is 0. The lowest BCUT2D eigenvalue weighted by Crippen LogP contribution is -2.47. The van der Waals surface area contributed by atoms with E-state index in [2.05, 4.69) is 0 Å². The van der Waals surface area contributed by atoms with Gasteiger partial charge in [-0.15, -0.1) is 0 Å². The summed E-state index contributed by atoms with van der Waals surface area (Å²) in [7, 11) is 0. The number of nitrogens with zero attached hydrogens (tertiary/aromatic N) is 1. The Bertz CT molecular complexity index is 532. The largest absolute Gasteiger partial charge is 0.337 e. The topological polar surface area (TPSA) is 20.3 Å². The summed E-state index contributed by atoms with van der Waals surface area (Å²) < 4.78 is 26.7. The van der Waals surface area contributed by atoms with Gasteiger partial charge in [-0.3, -0.25) is 4.79 Å². The highest BCUT2D eigenvalue weighted by Crippen LogP contribution is 2.37. The van der Waals surface area contributed by atoms with Gasteiger partial charge in [0.05, 0.1) is 0 Å². The molecule has 2 heterocycles. The summed E-state index contributed by atoms with van der Waals surface area (Å²) in [4.78, 5) is 14.3. The summed E-state index contributed by atoms with van der Waals surface area (Å²) in [5.74, 6) is -0.0930. The van der Waals surface area contributed by atoms with Crippen molar-refractivity contribution in [2.75, 3.05) is 0 Å². The normalized spacial score (nSPS) is 28.0. The van der Waals surface area contributed by atoms with Crippen LogP contribution in [-0.2, 0) is 11.2 Å². The third kappa shape index (κ3) is 2.94. The summed E-state index contributed by atoms with van der Waals surface area (Å²) >= 11 is 0. The number of halogens is 2. The van der Waals surface area contributed by atoms with E-state index in [0.29, 0.717) is 31.2 Å². The van der Waals surface area contributed by atoms with E-state index in [1.165, 1.54) is 6.07 Å². The second kappa shape index (κ2) is 5.74. The zero-order valence-electron chi connectivity index (χ0n) is 12.3. The molecule has 2 atom stereocenters. The molecule has 0 aromatic heterocycles. The van der Waals surface area contributed by atoms with Crippen molar-refractivity contribution in [3.05, 3.63) is 35.1 Å². The molecule has 2 saturated heterocycles. The molecule has 2 fully saturated rings. The van der Waals surface area contributed by atoms with Crippen molar-refractivity contribution in [3.8, 4) is 0 Å². The molecule has 1 aromatic rings. The van der Waals surface area contributed by atoms with Crippen LogP contribution in [0.25, 0.3) is 0 Å². The van der Waals surface area contributed by atoms with Gasteiger partial charge in [0.1, 0.15) is 12.0 Å². The first-order chi connectivity index (χ1) is 10.0. The van der Waals surface area contributed by atoms with Crippen molar-refractivity contribution in [3.63, 3.8) is 0 Å². The molecule has 2 bridgehead atoms. The van der Waals surface area contributed by atoms with Gasteiger partial charge in [0.2, 0.25) is 5.91 Å². The lowest BCUT2D eigenvalue weighted by atomic mass is 9.99. The minimum absolute atomic E-state index is 0.0983. The molecule has 1 aromatic carbocycles. The predicted octanol–water partition coefficient (Wildman–Crippen LogP) is 3.56. The quantitative estimate of drug-likeness (QED) is 0.834. The summed E-state index contributed by atoms with van der Waals surface area (Å²) in [6, 6.07) is 5.18. The lowest BCUT2D eigenvalue weighted by molar-refractivity contribution is -0.136. The average Bonchev–Trinajstić information content (AvgIpc) is 2.72. The van der Waals surface area contributed by atoms with Crippen LogP contribution < -0.4 is 0 Å². The highest BCUT2D eigenvalue weighted by atomic mass is 19.1. The van der Waals surface area contributed by atoms with E-state index in [4.69, 9.17) is 0 Å². The van der Waals surface area contributed by atoms with E-state index in [1.807, 2.05) is 4.90 Å². The second-order valence-electron chi connectivity index (χ2n) is 6.34. The molecule has 0 aliphatic carbocycles. The van der Waals surface area contributed by atoms with Gasteiger partial charge in [0.15, 0.2) is 0 Å². The lowest BCUT2D eigenvalue weighted by Gasteiger charge is -2.36. The Kier molecular flexibility index (Phi) is 3.96. The van der Waals surface area contributed by atoms with Crippen LogP contribution in [0.5, 0.6) is 0 Å². The van der Waals surface area contributed by atoms with E-state index in [9.17, 15) is 13.6 Å². The van der Waals surface area contributed by atoms with Crippen LogP contribution in [0.3, 0.4) is 0 Å². The molecule has 0 spiro atoms. The minimum Gasteiger partial charge on any atom is -0.337 e. The Morgan fingerprint density at radius 2 is 1.95 bits per heavy atom. The molecule has 3 rings (SSSR count). The van der Waals surface area contributed by atoms with Crippen molar-refractivity contribution in [1.82, 2.24) is 4.90 Å². The Morgan fingerprint density at radius 3 is 2.57 bits per heavy atom. The number of piperidine rings is 1. The summed E-state index contributed by atoms with van der Waals surface area (Å²) in [5.41, 5.74) is 1.59. The summed E-state index contributed by atoms with van der Waals surface area (Å²) in [6.07, 6.45) is 3.17. The van der Waals surface area contributed by atoms with Crippen LogP contribution in [0.15, 0.2) is 18.2 Å². The van der Waals surface area contributed by atoms with Crippen LogP contribution >= 0.6 is 0 Å². The molecule has 2 nitrogen and oxygen atoms in total. The summed E-state index contributed by atoms with van der Waals surface area (Å²) in [6.45, 7) is 1.73. The number of benzene rings is 1. The van der Waals surface area contributed by atoms with E-state index in [-0.39, 0.29) is 23.8 Å². The smallest absolute Gasteiger partial charge is 0.223 e. The van der Waals surface area contributed by atoms with Crippen molar-refractivity contribution < 1.29 is 13.6 Å². The number of hydrogen-bond donors (Lipinski definition) is 0. The number of carbonyl (C=O) groups is 1. The van der Waals surface area contributed by atoms with Gasteiger partial charge in [0.25, 0.3) is 0 Å². The Morgan fingerprint density at radius 1 is 1.29 bits per heavy atom. The molecule has 1 amide bonds. The van der Waals surface area contributed by atoms with Gasteiger partial charge >= 0.3 is 0 Å². The molecule has 0 radical (unpaired) electrons. The fourth-order valence-corrected chi connectivity index (χ4v) is 3.76. The first-order valence-corrected chi connectivity index (χ1v) is 7.75. The highest BCUT2D eigenvalue weighted by Gasteiger charge is 2.42. The maximum absolute atomic E-state index is 13.5. The average molecular weight is 293 g/mol. The van der Waals surface area contributed by atoms with Crippen molar-refractivity contribution in [2.24, 2.45) is 0 Å². The molecular weight excluding hydrogens is 272 g/mol. The zero-order chi connectivity index (χ0) is 15.0. The number of fused-ring (bicyclic) bond motifs is 2. The minimum atomic E-state index is -0.744. The van der Waals surface area contributed by atoms with Crippen molar-refractivity contribution in [2.45, 2.75) is 63.7 Å². The van der Waals surface area contributed by atoms with Crippen LogP contribution in [0.2, 0.25) is 0 Å². The number of amides is 1. The molecule has 114 valence electrons. The molecule has 0 N–H and O–H groups in total. The molecule has 0 saturated carbocycles. The van der Waals surface area contributed by atoms with Crippen LogP contribution in [0.4, 0.5) is 8.78 Å². The van der Waals surface area contributed by atoms with Crippen molar-refractivity contribution >= 4 is 5.91 Å². The van der Waals surface area contributed by atoms with Crippen LogP contribution in [0, 0.1) is 12.7 Å². The monoisotopic (exact) mass is 293 g/mol. The maximum atomic E-state index is 13.5. The first kappa shape index (κ1) is 14.5. The SMILES string of the molecule is Cc1cc(CCC(=O)N2C3CCC2CC(F)C3)ccc1F. The van der Waals surface area contributed by atoms with E-state index in [1.54, 1.807) is 19.1 Å². The molecule has 21 heavy (non-hydrogen) atoms.